The van der Waals surface area contributed by atoms with Crippen molar-refractivity contribution < 1.29 is 9.53 Å². The van der Waals surface area contributed by atoms with Crippen LogP contribution >= 0.6 is 0 Å². The second-order valence-corrected chi connectivity index (χ2v) is 6.45. The minimum absolute atomic E-state index is 0.0474. The summed E-state index contributed by atoms with van der Waals surface area (Å²) in [5.41, 5.74) is 4.13. The van der Waals surface area contributed by atoms with Crippen molar-refractivity contribution in [1.29, 1.82) is 0 Å². The molecule has 1 aliphatic carbocycles. The van der Waals surface area contributed by atoms with Crippen molar-refractivity contribution in [2.75, 3.05) is 13.2 Å². The van der Waals surface area contributed by atoms with Gasteiger partial charge in [-0.2, -0.15) is 0 Å². The molecule has 2 aromatic carbocycles. The second-order valence-electron chi connectivity index (χ2n) is 6.45. The fraction of sp³-hybridized carbons (Fsp3) is 0.381. The van der Waals surface area contributed by atoms with Gasteiger partial charge in [-0.25, -0.2) is 0 Å². The van der Waals surface area contributed by atoms with Gasteiger partial charge in [-0.15, -0.1) is 0 Å². The monoisotopic (exact) mass is 323 g/mol. The molecule has 1 unspecified atom stereocenters. The Morgan fingerprint density at radius 1 is 1.21 bits per heavy atom. The van der Waals surface area contributed by atoms with Gasteiger partial charge in [-0.3, -0.25) is 4.79 Å². The number of carbonyl (C=O) groups is 1. The van der Waals surface area contributed by atoms with E-state index >= 15 is 0 Å². The molecule has 0 fully saturated rings. The molecule has 3 rings (SSSR count). The lowest BCUT2D eigenvalue weighted by atomic mass is 9.97. The molecule has 24 heavy (non-hydrogen) atoms. The molecule has 1 N–H and O–H groups in total. The van der Waals surface area contributed by atoms with E-state index in [2.05, 4.69) is 47.8 Å². The Balaban J connectivity index is 1.55. The van der Waals surface area contributed by atoms with E-state index in [-0.39, 0.29) is 5.91 Å². The summed E-state index contributed by atoms with van der Waals surface area (Å²) in [5, 5.41) is 2.90. The van der Waals surface area contributed by atoms with Gasteiger partial charge in [0.25, 0.3) is 0 Å². The van der Waals surface area contributed by atoms with E-state index in [1.807, 2.05) is 6.07 Å². The van der Waals surface area contributed by atoms with E-state index in [4.69, 9.17) is 4.74 Å². The van der Waals surface area contributed by atoms with Gasteiger partial charge in [0.05, 0.1) is 6.61 Å². The van der Waals surface area contributed by atoms with Crippen LogP contribution in [0.3, 0.4) is 0 Å². The number of amides is 1. The van der Waals surface area contributed by atoms with Gasteiger partial charge in [-0.1, -0.05) is 36.4 Å². The lowest BCUT2D eigenvalue weighted by Crippen LogP contribution is -2.22. The highest BCUT2D eigenvalue weighted by molar-refractivity contribution is 5.72. The number of hydrogen-bond donors (Lipinski definition) is 1. The average molecular weight is 323 g/mol. The summed E-state index contributed by atoms with van der Waals surface area (Å²) in [4.78, 5) is 11.0. The molecule has 3 heteroatoms. The molecule has 1 atom stereocenters. The summed E-state index contributed by atoms with van der Waals surface area (Å²) in [6.07, 6.45) is 4.22. The van der Waals surface area contributed by atoms with Crippen LogP contribution in [0, 0.1) is 0 Å². The normalized spacial score (nSPS) is 15.8. The Labute approximate surface area is 144 Å². The second kappa shape index (κ2) is 8.00. The Morgan fingerprint density at radius 3 is 2.83 bits per heavy atom. The van der Waals surface area contributed by atoms with E-state index in [9.17, 15) is 4.79 Å². The number of carbonyl (C=O) groups excluding carboxylic acids is 1. The Kier molecular flexibility index (Phi) is 5.52. The highest BCUT2D eigenvalue weighted by Gasteiger charge is 2.22. The molecule has 3 nitrogen and oxygen atoms in total. The van der Waals surface area contributed by atoms with Gasteiger partial charge < -0.3 is 10.1 Å². The zero-order chi connectivity index (χ0) is 16.8. The van der Waals surface area contributed by atoms with Crippen molar-refractivity contribution in [3.05, 3.63) is 65.2 Å². The smallest absolute Gasteiger partial charge is 0.216 e. The predicted octanol–water partition coefficient (Wildman–Crippen LogP) is 3.86. The van der Waals surface area contributed by atoms with Crippen molar-refractivity contribution >= 4 is 5.91 Å². The summed E-state index contributed by atoms with van der Waals surface area (Å²) in [7, 11) is 0. The van der Waals surface area contributed by atoms with Crippen LogP contribution in [-0.2, 0) is 17.6 Å². The van der Waals surface area contributed by atoms with Gasteiger partial charge in [0.15, 0.2) is 0 Å². The zero-order valence-electron chi connectivity index (χ0n) is 14.3. The Morgan fingerprint density at radius 2 is 2.04 bits per heavy atom. The van der Waals surface area contributed by atoms with Crippen molar-refractivity contribution in [1.82, 2.24) is 5.32 Å². The molecule has 0 aliphatic heterocycles. The minimum Gasteiger partial charge on any atom is -0.493 e. The molecule has 1 amide bonds. The van der Waals surface area contributed by atoms with Crippen LogP contribution in [0.2, 0.25) is 0 Å². The lowest BCUT2D eigenvalue weighted by Gasteiger charge is -2.14. The third kappa shape index (κ3) is 4.38. The molecule has 1 aliphatic rings. The SMILES string of the molecule is CC(=O)NCCC1CCc2ccc(OCCc3ccccc3)cc21. The summed E-state index contributed by atoms with van der Waals surface area (Å²) < 4.78 is 5.96. The van der Waals surface area contributed by atoms with E-state index in [0.29, 0.717) is 12.5 Å². The van der Waals surface area contributed by atoms with Crippen LogP contribution in [0.15, 0.2) is 48.5 Å². The number of benzene rings is 2. The third-order valence-electron chi connectivity index (χ3n) is 4.69. The van der Waals surface area contributed by atoms with Gasteiger partial charge in [0.1, 0.15) is 5.75 Å². The molecular formula is C21H25NO2. The fourth-order valence-corrected chi connectivity index (χ4v) is 3.41. The molecule has 0 bridgehead atoms. The first-order chi connectivity index (χ1) is 11.7. The molecule has 0 spiro atoms. The minimum atomic E-state index is 0.0474. The quantitative estimate of drug-likeness (QED) is 0.840. The Bertz CT molecular complexity index is 681. The molecule has 2 aromatic rings. The summed E-state index contributed by atoms with van der Waals surface area (Å²) >= 11 is 0. The molecular weight excluding hydrogens is 298 g/mol. The van der Waals surface area contributed by atoms with Crippen molar-refractivity contribution in [2.45, 2.75) is 38.5 Å². The molecule has 0 saturated carbocycles. The molecule has 0 saturated heterocycles. The van der Waals surface area contributed by atoms with Crippen molar-refractivity contribution in [3.63, 3.8) is 0 Å². The van der Waals surface area contributed by atoms with Crippen LogP contribution in [0.1, 0.15) is 42.4 Å². The van der Waals surface area contributed by atoms with Crippen molar-refractivity contribution in [3.8, 4) is 5.75 Å². The number of ether oxygens (including phenoxy) is 1. The van der Waals surface area contributed by atoms with E-state index in [1.165, 1.54) is 23.1 Å². The van der Waals surface area contributed by atoms with Crippen molar-refractivity contribution in [2.24, 2.45) is 0 Å². The average Bonchev–Trinajstić information content (AvgIpc) is 2.98. The molecule has 0 radical (unpaired) electrons. The van der Waals surface area contributed by atoms with Gasteiger partial charge in [0, 0.05) is 19.9 Å². The first-order valence-corrected chi connectivity index (χ1v) is 8.76. The molecule has 0 heterocycles. The fourth-order valence-electron chi connectivity index (χ4n) is 3.41. The maximum atomic E-state index is 11.0. The third-order valence-corrected chi connectivity index (χ3v) is 4.69. The van der Waals surface area contributed by atoms with Crippen LogP contribution in [-0.4, -0.2) is 19.1 Å². The zero-order valence-corrected chi connectivity index (χ0v) is 14.3. The topological polar surface area (TPSA) is 38.3 Å². The first kappa shape index (κ1) is 16.6. The largest absolute Gasteiger partial charge is 0.493 e. The summed E-state index contributed by atoms with van der Waals surface area (Å²) in [6.45, 7) is 3.01. The van der Waals surface area contributed by atoms with Crippen LogP contribution in [0.5, 0.6) is 5.75 Å². The van der Waals surface area contributed by atoms with Gasteiger partial charge >= 0.3 is 0 Å². The predicted molar refractivity (Wildman–Crippen MR) is 96.4 cm³/mol. The van der Waals surface area contributed by atoms with Crippen LogP contribution in [0.4, 0.5) is 0 Å². The maximum absolute atomic E-state index is 11.0. The van der Waals surface area contributed by atoms with Crippen LogP contribution < -0.4 is 10.1 Å². The van der Waals surface area contributed by atoms with Gasteiger partial charge in [-0.05, 0) is 54.0 Å². The maximum Gasteiger partial charge on any atom is 0.216 e. The Hall–Kier alpha value is -2.29. The summed E-state index contributed by atoms with van der Waals surface area (Å²) in [5.74, 6) is 1.53. The number of nitrogens with one attached hydrogen (secondary N) is 1. The van der Waals surface area contributed by atoms with Crippen LogP contribution in [0.25, 0.3) is 0 Å². The highest BCUT2D eigenvalue weighted by atomic mass is 16.5. The molecule has 126 valence electrons. The highest BCUT2D eigenvalue weighted by Crippen LogP contribution is 2.37. The standard InChI is InChI=1S/C21H25NO2/c1-16(23)22-13-11-19-8-7-18-9-10-20(15-21(18)19)24-14-12-17-5-3-2-4-6-17/h2-6,9-10,15,19H,7-8,11-14H2,1H3,(H,22,23). The first-order valence-electron chi connectivity index (χ1n) is 8.76. The number of hydrogen-bond acceptors (Lipinski definition) is 2. The lowest BCUT2D eigenvalue weighted by molar-refractivity contribution is -0.118. The van der Waals surface area contributed by atoms with E-state index in [0.717, 1.165) is 31.6 Å². The molecule has 0 aromatic heterocycles. The number of aryl methyl sites for hydroxylation is 1. The summed E-state index contributed by atoms with van der Waals surface area (Å²) in [6, 6.07) is 16.9. The van der Waals surface area contributed by atoms with E-state index in [1.54, 1.807) is 6.92 Å². The number of rotatable bonds is 7. The number of fused-ring (bicyclic) bond motifs is 1. The van der Waals surface area contributed by atoms with Gasteiger partial charge in [0.2, 0.25) is 5.91 Å². The van der Waals surface area contributed by atoms with E-state index < -0.39 is 0 Å².